The third kappa shape index (κ3) is 3.47. The second-order valence-corrected chi connectivity index (χ2v) is 7.08. The molecule has 0 spiro atoms. The van der Waals surface area contributed by atoms with E-state index in [-0.39, 0.29) is 0 Å². The van der Waals surface area contributed by atoms with Crippen LogP contribution >= 0.6 is 11.3 Å². The largest absolute Gasteiger partial charge is 0.497 e. The molecule has 0 saturated carbocycles. The van der Waals surface area contributed by atoms with Gasteiger partial charge in [-0.1, -0.05) is 23.4 Å². The topological polar surface area (TPSA) is 51.4 Å². The van der Waals surface area contributed by atoms with Gasteiger partial charge >= 0.3 is 0 Å². The number of rotatable bonds is 6. The van der Waals surface area contributed by atoms with Crippen molar-refractivity contribution in [3.8, 4) is 17.1 Å². The van der Waals surface area contributed by atoms with Crippen LogP contribution in [0.4, 0.5) is 0 Å². The molecule has 0 radical (unpaired) electrons. The summed E-state index contributed by atoms with van der Waals surface area (Å²) in [7, 11) is 3.71. The summed E-state index contributed by atoms with van der Waals surface area (Å²) >= 11 is 1.78. The highest BCUT2D eigenvalue weighted by Crippen LogP contribution is 2.27. The molecule has 0 saturated heterocycles. The van der Waals surface area contributed by atoms with Gasteiger partial charge in [0.05, 0.1) is 13.7 Å². The van der Waals surface area contributed by atoms with E-state index in [1.165, 1.54) is 15.6 Å². The minimum Gasteiger partial charge on any atom is -0.497 e. The van der Waals surface area contributed by atoms with Crippen molar-refractivity contribution in [3.05, 3.63) is 65.4 Å². The van der Waals surface area contributed by atoms with Crippen molar-refractivity contribution in [2.75, 3.05) is 14.2 Å². The van der Waals surface area contributed by atoms with Gasteiger partial charge in [-0.3, -0.25) is 4.90 Å². The highest BCUT2D eigenvalue weighted by atomic mass is 32.1. The van der Waals surface area contributed by atoms with Gasteiger partial charge in [0, 0.05) is 16.8 Å². The van der Waals surface area contributed by atoms with Crippen molar-refractivity contribution in [3.63, 3.8) is 0 Å². The molecule has 2 aromatic carbocycles. The number of methoxy groups -OCH3 is 1. The molecule has 5 nitrogen and oxygen atoms in total. The monoisotopic (exact) mass is 365 g/mol. The maximum absolute atomic E-state index is 5.42. The van der Waals surface area contributed by atoms with E-state index in [2.05, 4.69) is 51.7 Å². The lowest BCUT2D eigenvalue weighted by Crippen LogP contribution is -2.17. The van der Waals surface area contributed by atoms with Crippen molar-refractivity contribution in [1.82, 2.24) is 15.0 Å². The van der Waals surface area contributed by atoms with E-state index < -0.39 is 0 Å². The molecule has 4 aromatic rings. The maximum Gasteiger partial charge on any atom is 0.241 e. The van der Waals surface area contributed by atoms with Gasteiger partial charge in [0.25, 0.3) is 0 Å². The van der Waals surface area contributed by atoms with Gasteiger partial charge in [-0.05, 0) is 53.7 Å². The fourth-order valence-electron chi connectivity index (χ4n) is 2.91. The summed E-state index contributed by atoms with van der Waals surface area (Å²) < 4.78 is 11.9. The predicted octanol–water partition coefficient (Wildman–Crippen LogP) is 4.59. The number of thiophene rings is 1. The zero-order valence-corrected chi connectivity index (χ0v) is 15.5. The fourth-order valence-corrected chi connectivity index (χ4v) is 3.86. The number of aromatic nitrogens is 2. The van der Waals surface area contributed by atoms with E-state index in [9.17, 15) is 0 Å². The molecule has 132 valence electrons. The Morgan fingerprint density at radius 1 is 1.08 bits per heavy atom. The molecular weight excluding hydrogens is 346 g/mol. The summed E-state index contributed by atoms with van der Waals surface area (Å²) in [6.07, 6.45) is 0. The van der Waals surface area contributed by atoms with E-state index in [4.69, 9.17) is 9.26 Å². The van der Waals surface area contributed by atoms with Crippen LogP contribution < -0.4 is 4.74 Å². The normalized spacial score (nSPS) is 11.3. The van der Waals surface area contributed by atoms with Crippen LogP contribution in [0.1, 0.15) is 11.5 Å². The Bertz CT molecular complexity index is 1010. The minimum atomic E-state index is 0.594. The smallest absolute Gasteiger partial charge is 0.241 e. The molecule has 0 aliphatic rings. The standard InChI is InChI=1S/C20H19N3O2S/c1-23(11-15-13-26-18-6-4-3-5-17(15)18)12-19-21-20(22-25-19)14-7-9-16(24-2)10-8-14/h3-10,13H,11-12H2,1-2H3. The molecule has 0 unspecified atom stereocenters. The van der Waals surface area contributed by atoms with Crippen LogP contribution in [0.2, 0.25) is 0 Å². The quantitative estimate of drug-likeness (QED) is 0.500. The maximum atomic E-state index is 5.42. The number of nitrogens with zero attached hydrogens (tertiary/aromatic N) is 3. The van der Waals surface area contributed by atoms with Gasteiger partial charge < -0.3 is 9.26 Å². The number of hydrogen-bond acceptors (Lipinski definition) is 6. The van der Waals surface area contributed by atoms with E-state index in [1.54, 1.807) is 18.4 Å². The number of fused-ring (bicyclic) bond motifs is 1. The first-order valence-corrected chi connectivity index (χ1v) is 9.21. The summed E-state index contributed by atoms with van der Waals surface area (Å²) in [6, 6.07) is 16.1. The van der Waals surface area contributed by atoms with E-state index in [0.29, 0.717) is 18.3 Å². The number of ether oxygens (including phenoxy) is 1. The van der Waals surface area contributed by atoms with Crippen LogP contribution in [0.25, 0.3) is 21.5 Å². The molecule has 2 heterocycles. The van der Waals surface area contributed by atoms with Gasteiger partial charge in [0.1, 0.15) is 5.75 Å². The van der Waals surface area contributed by atoms with E-state index >= 15 is 0 Å². The Labute approximate surface area is 155 Å². The van der Waals surface area contributed by atoms with E-state index in [1.807, 2.05) is 24.3 Å². The third-order valence-corrected chi connectivity index (χ3v) is 5.24. The Kier molecular flexibility index (Phi) is 4.69. The molecule has 4 rings (SSSR count). The number of hydrogen-bond donors (Lipinski definition) is 0. The molecule has 0 aliphatic heterocycles. The Morgan fingerprint density at radius 2 is 1.88 bits per heavy atom. The van der Waals surface area contributed by atoms with Crippen LogP contribution in [0.15, 0.2) is 58.4 Å². The summed E-state index contributed by atoms with van der Waals surface area (Å²) in [5.41, 5.74) is 2.23. The minimum absolute atomic E-state index is 0.594. The van der Waals surface area contributed by atoms with Gasteiger partial charge in [-0.25, -0.2) is 0 Å². The van der Waals surface area contributed by atoms with Gasteiger partial charge in [0.2, 0.25) is 11.7 Å². The van der Waals surface area contributed by atoms with Gasteiger partial charge in [-0.15, -0.1) is 11.3 Å². The molecule has 2 aromatic heterocycles. The SMILES string of the molecule is COc1ccc(-c2noc(CN(C)Cc3csc4ccccc34)n2)cc1. The predicted molar refractivity (Wildman–Crippen MR) is 103 cm³/mol. The van der Waals surface area contributed by atoms with E-state index in [0.717, 1.165) is 17.9 Å². The van der Waals surface area contributed by atoms with Crippen LogP contribution in [-0.2, 0) is 13.1 Å². The molecule has 0 N–H and O–H groups in total. The summed E-state index contributed by atoms with van der Waals surface area (Å²) in [5, 5.41) is 7.62. The third-order valence-electron chi connectivity index (χ3n) is 4.22. The van der Waals surface area contributed by atoms with Crippen molar-refractivity contribution in [2.24, 2.45) is 0 Å². The highest BCUT2D eigenvalue weighted by Gasteiger charge is 2.12. The van der Waals surface area contributed by atoms with Gasteiger partial charge in [-0.2, -0.15) is 4.98 Å². The Morgan fingerprint density at radius 3 is 2.69 bits per heavy atom. The van der Waals surface area contributed by atoms with Crippen LogP contribution in [0.5, 0.6) is 5.75 Å². The Balaban J connectivity index is 1.44. The second kappa shape index (κ2) is 7.27. The average Bonchev–Trinajstić information content (AvgIpc) is 3.29. The van der Waals surface area contributed by atoms with Crippen molar-refractivity contribution in [1.29, 1.82) is 0 Å². The summed E-state index contributed by atoms with van der Waals surface area (Å²) in [4.78, 5) is 6.69. The first-order chi connectivity index (χ1) is 12.7. The lowest BCUT2D eigenvalue weighted by molar-refractivity contribution is 0.261. The zero-order valence-electron chi connectivity index (χ0n) is 14.7. The lowest BCUT2D eigenvalue weighted by Gasteiger charge is -2.13. The van der Waals surface area contributed by atoms with Crippen LogP contribution in [0, 0.1) is 0 Å². The van der Waals surface area contributed by atoms with Crippen LogP contribution in [-0.4, -0.2) is 29.2 Å². The van der Waals surface area contributed by atoms with Crippen molar-refractivity contribution < 1.29 is 9.26 Å². The first-order valence-electron chi connectivity index (χ1n) is 8.33. The molecule has 0 amide bonds. The van der Waals surface area contributed by atoms with Crippen molar-refractivity contribution >= 4 is 21.4 Å². The van der Waals surface area contributed by atoms with Crippen molar-refractivity contribution in [2.45, 2.75) is 13.1 Å². The summed E-state index contributed by atoms with van der Waals surface area (Å²) in [6.45, 7) is 1.44. The van der Waals surface area contributed by atoms with Gasteiger partial charge in [0.15, 0.2) is 0 Å². The second-order valence-electron chi connectivity index (χ2n) is 6.17. The molecule has 0 fully saturated rings. The summed E-state index contributed by atoms with van der Waals surface area (Å²) in [5.74, 6) is 2.01. The molecule has 26 heavy (non-hydrogen) atoms. The van der Waals surface area contributed by atoms with Crippen LogP contribution in [0.3, 0.4) is 0 Å². The molecule has 0 atom stereocenters. The molecule has 6 heteroatoms. The molecule has 0 bridgehead atoms. The fraction of sp³-hybridized carbons (Fsp3) is 0.200. The number of benzene rings is 2. The molecule has 0 aliphatic carbocycles. The average molecular weight is 365 g/mol. The first kappa shape index (κ1) is 16.8. The zero-order chi connectivity index (χ0) is 17.9. The lowest BCUT2D eigenvalue weighted by atomic mass is 10.2. The Hall–Kier alpha value is -2.70. The highest BCUT2D eigenvalue weighted by molar-refractivity contribution is 7.17. The molecular formula is C20H19N3O2S.